The van der Waals surface area contributed by atoms with Crippen molar-refractivity contribution in [2.75, 3.05) is 19.6 Å². The zero-order valence-corrected chi connectivity index (χ0v) is 10.2. The molecule has 0 amide bonds. The van der Waals surface area contributed by atoms with Crippen LogP contribution in [0.2, 0.25) is 0 Å². The van der Waals surface area contributed by atoms with Gasteiger partial charge in [-0.2, -0.15) is 13.2 Å². The maximum atomic E-state index is 12.6. The molecule has 6 heteroatoms. The van der Waals surface area contributed by atoms with Crippen molar-refractivity contribution in [1.29, 1.82) is 0 Å². The number of nitrogens with zero attached hydrogens (tertiary/aromatic N) is 1. The van der Waals surface area contributed by atoms with Crippen molar-refractivity contribution in [2.24, 2.45) is 11.3 Å². The molecule has 1 aliphatic heterocycles. The lowest BCUT2D eigenvalue weighted by Crippen LogP contribution is -2.41. The molecule has 2 rings (SSSR count). The van der Waals surface area contributed by atoms with E-state index in [4.69, 9.17) is 0 Å². The van der Waals surface area contributed by atoms with Gasteiger partial charge in [-0.1, -0.05) is 12.8 Å². The zero-order chi connectivity index (χ0) is 13.4. The first-order valence-corrected chi connectivity index (χ1v) is 6.36. The molecule has 1 aliphatic carbocycles. The first-order valence-electron chi connectivity index (χ1n) is 6.36. The van der Waals surface area contributed by atoms with Crippen LogP contribution >= 0.6 is 0 Å². The topological polar surface area (TPSA) is 40.5 Å². The number of carboxylic acid groups (broad SMARTS) is 1. The van der Waals surface area contributed by atoms with E-state index < -0.39 is 23.5 Å². The number of rotatable bonds is 3. The molecule has 0 aromatic carbocycles. The highest BCUT2D eigenvalue weighted by Crippen LogP contribution is 2.41. The number of alkyl halides is 3. The van der Waals surface area contributed by atoms with E-state index >= 15 is 0 Å². The Morgan fingerprint density at radius 2 is 1.94 bits per heavy atom. The van der Waals surface area contributed by atoms with Gasteiger partial charge in [0.25, 0.3) is 0 Å². The largest absolute Gasteiger partial charge is 0.481 e. The van der Waals surface area contributed by atoms with E-state index in [9.17, 15) is 23.1 Å². The Morgan fingerprint density at radius 3 is 2.39 bits per heavy atom. The Bertz CT molecular complexity index is 324. The summed E-state index contributed by atoms with van der Waals surface area (Å²) in [5.41, 5.74) is -0.805. The van der Waals surface area contributed by atoms with Gasteiger partial charge >= 0.3 is 12.1 Å². The molecule has 0 aromatic heterocycles. The average Bonchev–Trinajstić information content (AvgIpc) is 2.86. The summed E-state index contributed by atoms with van der Waals surface area (Å²) in [6.07, 6.45) is -1.14. The minimum absolute atomic E-state index is 0.0431. The molecule has 18 heavy (non-hydrogen) atoms. The van der Waals surface area contributed by atoms with E-state index in [0.29, 0.717) is 19.4 Å². The third kappa shape index (κ3) is 2.63. The van der Waals surface area contributed by atoms with Crippen LogP contribution in [0.1, 0.15) is 32.1 Å². The second-order valence-electron chi connectivity index (χ2n) is 5.55. The lowest BCUT2D eigenvalue weighted by atomic mass is 9.86. The van der Waals surface area contributed by atoms with Crippen LogP contribution in [0.25, 0.3) is 0 Å². The predicted octanol–water partition coefficient (Wildman–Crippen LogP) is 2.52. The first kappa shape index (κ1) is 13.6. The summed E-state index contributed by atoms with van der Waals surface area (Å²) in [7, 11) is 0. The lowest BCUT2D eigenvalue weighted by Gasteiger charge is -2.29. The Morgan fingerprint density at radius 1 is 1.33 bits per heavy atom. The van der Waals surface area contributed by atoms with Crippen LogP contribution in [0.3, 0.4) is 0 Å². The van der Waals surface area contributed by atoms with E-state index in [1.54, 1.807) is 4.90 Å². The molecule has 0 aromatic rings. The van der Waals surface area contributed by atoms with Crippen LogP contribution in [0.5, 0.6) is 0 Å². The van der Waals surface area contributed by atoms with E-state index in [0.717, 1.165) is 12.8 Å². The highest BCUT2D eigenvalue weighted by molar-refractivity contribution is 5.75. The molecule has 1 unspecified atom stereocenters. The summed E-state index contributed by atoms with van der Waals surface area (Å²) < 4.78 is 37.7. The number of carbonyl (C=O) groups is 1. The Hall–Kier alpha value is -0.780. The Kier molecular flexibility index (Phi) is 3.58. The summed E-state index contributed by atoms with van der Waals surface area (Å²) in [5.74, 6) is -2.14. The highest BCUT2D eigenvalue weighted by atomic mass is 19.4. The fraction of sp³-hybridized carbons (Fsp3) is 0.917. The quantitative estimate of drug-likeness (QED) is 0.852. The zero-order valence-electron chi connectivity index (χ0n) is 10.2. The summed E-state index contributed by atoms with van der Waals surface area (Å²) in [5, 5.41) is 9.30. The molecule has 1 N–H and O–H groups in total. The van der Waals surface area contributed by atoms with Crippen LogP contribution in [-0.2, 0) is 4.79 Å². The van der Waals surface area contributed by atoms with Crippen molar-refractivity contribution in [3.8, 4) is 0 Å². The summed E-state index contributed by atoms with van der Waals surface area (Å²) in [6.45, 7) is 0.590. The number of hydrogen-bond acceptors (Lipinski definition) is 2. The van der Waals surface area contributed by atoms with E-state index in [-0.39, 0.29) is 19.5 Å². The summed E-state index contributed by atoms with van der Waals surface area (Å²) in [6, 6.07) is 0. The SMILES string of the molecule is O=C(O)C1(CN2CCC(C(F)(F)F)C2)CCCC1. The van der Waals surface area contributed by atoms with Crippen LogP contribution in [0.4, 0.5) is 13.2 Å². The van der Waals surface area contributed by atoms with Gasteiger partial charge < -0.3 is 10.0 Å². The van der Waals surface area contributed by atoms with Crippen molar-refractivity contribution >= 4 is 5.97 Å². The Balaban J connectivity index is 1.96. The summed E-state index contributed by atoms with van der Waals surface area (Å²) in [4.78, 5) is 13.0. The van der Waals surface area contributed by atoms with Crippen LogP contribution in [0, 0.1) is 11.3 Å². The molecule has 104 valence electrons. The highest BCUT2D eigenvalue weighted by Gasteiger charge is 2.47. The average molecular weight is 265 g/mol. The number of aliphatic carboxylic acids is 1. The molecular formula is C12H18F3NO2. The molecular weight excluding hydrogens is 247 g/mol. The molecule has 1 saturated carbocycles. The minimum Gasteiger partial charge on any atom is -0.481 e. The van der Waals surface area contributed by atoms with Crippen molar-refractivity contribution in [2.45, 2.75) is 38.3 Å². The lowest BCUT2D eigenvalue weighted by molar-refractivity contribution is -0.171. The smallest absolute Gasteiger partial charge is 0.393 e. The van der Waals surface area contributed by atoms with E-state index in [2.05, 4.69) is 0 Å². The monoisotopic (exact) mass is 265 g/mol. The van der Waals surface area contributed by atoms with Gasteiger partial charge in [0.1, 0.15) is 0 Å². The molecule has 1 atom stereocenters. The Labute approximate surface area is 104 Å². The van der Waals surface area contributed by atoms with Gasteiger partial charge in [-0.25, -0.2) is 0 Å². The fourth-order valence-corrected chi connectivity index (χ4v) is 3.16. The molecule has 0 radical (unpaired) electrons. The van der Waals surface area contributed by atoms with Gasteiger partial charge in [-0.3, -0.25) is 4.79 Å². The van der Waals surface area contributed by atoms with Crippen molar-refractivity contribution < 1.29 is 23.1 Å². The molecule has 3 nitrogen and oxygen atoms in total. The molecule has 1 saturated heterocycles. The molecule has 1 heterocycles. The fourth-order valence-electron chi connectivity index (χ4n) is 3.16. The van der Waals surface area contributed by atoms with Gasteiger partial charge in [-0.05, 0) is 25.8 Å². The van der Waals surface area contributed by atoms with Crippen LogP contribution in [-0.4, -0.2) is 41.8 Å². The third-order valence-electron chi connectivity index (χ3n) is 4.28. The number of halogens is 3. The predicted molar refractivity (Wildman–Crippen MR) is 59.1 cm³/mol. The molecule has 0 spiro atoms. The second kappa shape index (κ2) is 4.72. The molecule has 2 fully saturated rings. The third-order valence-corrected chi connectivity index (χ3v) is 4.28. The maximum absolute atomic E-state index is 12.6. The molecule has 2 aliphatic rings. The second-order valence-corrected chi connectivity index (χ2v) is 5.55. The van der Waals surface area contributed by atoms with Crippen molar-refractivity contribution in [1.82, 2.24) is 4.90 Å². The van der Waals surface area contributed by atoms with Crippen molar-refractivity contribution in [3.05, 3.63) is 0 Å². The van der Waals surface area contributed by atoms with Gasteiger partial charge in [0.2, 0.25) is 0 Å². The van der Waals surface area contributed by atoms with Gasteiger partial charge in [0.05, 0.1) is 11.3 Å². The minimum atomic E-state index is -4.15. The van der Waals surface area contributed by atoms with Gasteiger partial charge in [0, 0.05) is 13.1 Å². The normalized spacial score (nSPS) is 28.7. The van der Waals surface area contributed by atoms with E-state index in [1.807, 2.05) is 0 Å². The number of likely N-dealkylation sites (tertiary alicyclic amines) is 1. The first-order chi connectivity index (χ1) is 8.33. The number of carboxylic acids is 1. The van der Waals surface area contributed by atoms with Crippen molar-refractivity contribution in [3.63, 3.8) is 0 Å². The maximum Gasteiger partial charge on any atom is 0.393 e. The molecule has 0 bridgehead atoms. The van der Waals surface area contributed by atoms with E-state index in [1.165, 1.54) is 0 Å². The number of hydrogen-bond donors (Lipinski definition) is 1. The van der Waals surface area contributed by atoms with Gasteiger partial charge in [-0.15, -0.1) is 0 Å². The van der Waals surface area contributed by atoms with Crippen LogP contribution in [0.15, 0.2) is 0 Å². The summed E-state index contributed by atoms with van der Waals surface area (Å²) >= 11 is 0. The standard InChI is InChI=1S/C12H18F3NO2/c13-12(14,15)9-3-6-16(7-9)8-11(10(17)18)4-1-2-5-11/h9H,1-8H2,(H,17,18). The van der Waals surface area contributed by atoms with Crippen LogP contribution < -0.4 is 0 Å². The van der Waals surface area contributed by atoms with Gasteiger partial charge in [0.15, 0.2) is 0 Å².